The predicted molar refractivity (Wildman–Crippen MR) is 68.2 cm³/mol. The lowest BCUT2D eigenvalue weighted by Crippen LogP contribution is -1.97. The van der Waals surface area contributed by atoms with Crippen LogP contribution in [0.2, 0.25) is 0 Å². The summed E-state index contributed by atoms with van der Waals surface area (Å²) in [4.78, 5) is 12.0. The molecule has 94 valence electrons. The highest BCUT2D eigenvalue weighted by atomic mass is 19.1. The Morgan fingerprint density at radius 3 is 2.74 bits per heavy atom. The number of para-hydroxylation sites is 1. The van der Waals surface area contributed by atoms with Crippen LogP contribution in [-0.4, -0.2) is 15.0 Å². The maximum absolute atomic E-state index is 13.5. The topological polar surface area (TPSA) is 73.9 Å². The first-order chi connectivity index (χ1) is 9.24. The number of nitrogens with two attached hydrogens (primary N) is 1. The molecule has 0 atom stereocenters. The first-order valence-corrected chi connectivity index (χ1v) is 5.53. The molecule has 5 nitrogen and oxygen atoms in total. The molecule has 0 saturated carbocycles. The molecule has 0 aliphatic rings. The lowest BCUT2D eigenvalue weighted by molar-refractivity contribution is 0.429. The number of pyridine rings is 1. The Morgan fingerprint density at radius 2 is 1.89 bits per heavy atom. The molecular formula is C13H9FN4O. The summed E-state index contributed by atoms with van der Waals surface area (Å²) in [5, 5.41) is 0. The quantitative estimate of drug-likeness (QED) is 0.762. The van der Waals surface area contributed by atoms with Gasteiger partial charge in [0.15, 0.2) is 17.4 Å². The third-order valence-electron chi connectivity index (χ3n) is 2.54. The van der Waals surface area contributed by atoms with Crippen LogP contribution in [0, 0.1) is 5.82 Å². The van der Waals surface area contributed by atoms with Crippen molar-refractivity contribution in [3.63, 3.8) is 0 Å². The van der Waals surface area contributed by atoms with Crippen molar-refractivity contribution in [1.82, 2.24) is 15.0 Å². The molecule has 0 radical (unpaired) electrons. The SMILES string of the molecule is Nc1ncnc2ccc(Oc3ccccc3F)nc12. The Balaban J connectivity index is 2.02. The van der Waals surface area contributed by atoms with Crippen LogP contribution in [0.15, 0.2) is 42.7 Å². The number of aromatic nitrogens is 3. The van der Waals surface area contributed by atoms with Gasteiger partial charge in [0, 0.05) is 6.07 Å². The zero-order chi connectivity index (χ0) is 13.2. The normalized spacial score (nSPS) is 10.6. The van der Waals surface area contributed by atoms with Crippen molar-refractivity contribution in [2.24, 2.45) is 0 Å². The second-order valence-electron chi connectivity index (χ2n) is 3.81. The van der Waals surface area contributed by atoms with Gasteiger partial charge in [-0.25, -0.2) is 19.3 Å². The molecule has 0 aliphatic carbocycles. The van der Waals surface area contributed by atoms with E-state index in [1.165, 1.54) is 18.5 Å². The molecule has 0 fully saturated rings. The van der Waals surface area contributed by atoms with Crippen molar-refractivity contribution in [1.29, 1.82) is 0 Å². The van der Waals surface area contributed by atoms with Gasteiger partial charge < -0.3 is 10.5 Å². The molecule has 0 saturated heterocycles. The van der Waals surface area contributed by atoms with Crippen LogP contribution in [0.4, 0.5) is 10.2 Å². The first-order valence-electron chi connectivity index (χ1n) is 5.53. The molecule has 0 amide bonds. The third-order valence-corrected chi connectivity index (χ3v) is 2.54. The second kappa shape index (κ2) is 4.49. The van der Waals surface area contributed by atoms with Gasteiger partial charge in [0.1, 0.15) is 11.8 Å². The Kier molecular flexibility index (Phi) is 2.68. The number of anilines is 1. The van der Waals surface area contributed by atoms with Gasteiger partial charge in [-0.3, -0.25) is 0 Å². The van der Waals surface area contributed by atoms with Crippen LogP contribution >= 0.6 is 0 Å². The summed E-state index contributed by atoms with van der Waals surface area (Å²) in [5.41, 5.74) is 6.74. The van der Waals surface area contributed by atoms with Crippen molar-refractivity contribution in [3.8, 4) is 11.6 Å². The smallest absolute Gasteiger partial charge is 0.220 e. The summed E-state index contributed by atoms with van der Waals surface area (Å²) >= 11 is 0. The number of fused-ring (bicyclic) bond motifs is 1. The molecule has 0 bridgehead atoms. The van der Waals surface area contributed by atoms with E-state index in [0.29, 0.717) is 11.0 Å². The van der Waals surface area contributed by atoms with Gasteiger partial charge >= 0.3 is 0 Å². The first kappa shape index (κ1) is 11.3. The number of rotatable bonds is 2. The van der Waals surface area contributed by atoms with Crippen LogP contribution in [0.25, 0.3) is 11.0 Å². The van der Waals surface area contributed by atoms with E-state index in [0.717, 1.165) is 0 Å². The van der Waals surface area contributed by atoms with Gasteiger partial charge in [0.25, 0.3) is 0 Å². The monoisotopic (exact) mass is 256 g/mol. The number of ether oxygens (including phenoxy) is 1. The number of nitrogen functional groups attached to an aromatic ring is 1. The number of nitrogens with zero attached hydrogens (tertiary/aromatic N) is 3. The molecule has 1 aromatic carbocycles. The molecule has 0 unspecified atom stereocenters. The summed E-state index contributed by atoms with van der Waals surface area (Å²) in [7, 11) is 0. The van der Waals surface area contributed by atoms with Crippen LogP contribution in [0.3, 0.4) is 0 Å². The fraction of sp³-hybridized carbons (Fsp3) is 0. The van der Waals surface area contributed by atoms with Crippen molar-refractivity contribution >= 4 is 16.9 Å². The fourth-order valence-electron chi connectivity index (χ4n) is 1.64. The summed E-state index contributed by atoms with van der Waals surface area (Å²) in [6.45, 7) is 0. The molecular weight excluding hydrogens is 247 g/mol. The lowest BCUT2D eigenvalue weighted by Gasteiger charge is -2.06. The maximum Gasteiger partial charge on any atom is 0.220 e. The van der Waals surface area contributed by atoms with Crippen LogP contribution in [0.1, 0.15) is 0 Å². The molecule has 6 heteroatoms. The molecule has 0 spiro atoms. The average Bonchev–Trinajstić information content (AvgIpc) is 2.42. The number of hydrogen-bond acceptors (Lipinski definition) is 5. The molecule has 3 aromatic rings. The fourth-order valence-corrected chi connectivity index (χ4v) is 1.64. The molecule has 3 rings (SSSR count). The molecule has 2 N–H and O–H groups in total. The van der Waals surface area contributed by atoms with Crippen LogP contribution in [-0.2, 0) is 0 Å². The maximum atomic E-state index is 13.5. The highest BCUT2D eigenvalue weighted by molar-refractivity contribution is 5.83. The summed E-state index contributed by atoms with van der Waals surface area (Å²) < 4.78 is 18.8. The van der Waals surface area contributed by atoms with Gasteiger partial charge in [-0.05, 0) is 18.2 Å². The number of hydrogen-bond donors (Lipinski definition) is 1. The summed E-state index contributed by atoms with van der Waals surface area (Å²) in [5.74, 6) is 0.134. The molecule has 2 aromatic heterocycles. The van der Waals surface area contributed by atoms with E-state index in [9.17, 15) is 4.39 Å². The summed E-state index contributed by atoms with van der Waals surface area (Å²) in [6, 6.07) is 9.39. The predicted octanol–water partition coefficient (Wildman–Crippen LogP) is 2.54. The van der Waals surface area contributed by atoms with Gasteiger partial charge in [-0.2, -0.15) is 0 Å². The van der Waals surface area contributed by atoms with Crippen molar-refractivity contribution in [2.75, 3.05) is 5.73 Å². The molecule has 2 heterocycles. The molecule has 0 aliphatic heterocycles. The second-order valence-corrected chi connectivity index (χ2v) is 3.81. The standard InChI is InChI=1S/C13H9FN4O/c14-8-3-1-2-4-10(8)19-11-6-5-9-12(18-11)13(15)17-7-16-9/h1-7H,(H2,15,16,17). The third kappa shape index (κ3) is 2.15. The zero-order valence-corrected chi connectivity index (χ0v) is 9.75. The van der Waals surface area contributed by atoms with Gasteiger partial charge in [0.2, 0.25) is 5.88 Å². The molecule has 19 heavy (non-hydrogen) atoms. The zero-order valence-electron chi connectivity index (χ0n) is 9.75. The average molecular weight is 256 g/mol. The van der Waals surface area contributed by atoms with Gasteiger partial charge in [-0.15, -0.1) is 0 Å². The summed E-state index contributed by atoms with van der Waals surface area (Å²) in [6.07, 6.45) is 1.36. The Hall–Kier alpha value is -2.76. The number of benzene rings is 1. The van der Waals surface area contributed by atoms with Crippen molar-refractivity contribution in [3.05, 3.63) is 48.5 Å². The van der Waals surface area contributed by atoms with E-state index in [2.05, 4.69) is 15.0 Å². The highest BCUT2D eigenvalue weighted by Gasteiger charge is 2.07. The highest BCUT2D eigenvalue weighted by Crippen LogP contribution is 2.24. The minimum absolute atomic E-state index is 0.102. The minimum atomic E-state index is -0.457. The van der Waals surface area contributed by atoms with Crippen molar-refractivity contribution in [2.45, 2.75) is 0 Å². The Labute approximate surface area is 107 Å². The van der Waals surface area contributed by atoms with E-state index in [4.69, 9.17) is 10.5 Å². The van der Waals surface area contributed by atoms with E-state index in [1.54, 1.807) is 24.3 Å². The number of halogens is 1. The van der Waals surface area contributed by atoms with Gasteiger partial charge in [-0.1, -0.05) is 12.1 Å². The van der Waals surface area contributed by atoms with E-state index in [1.807, 2.05) is 0 Å². The minimum Gasteiger partial charge on any atom is -0.436 e. The van der Waals surface area contributed by atoms with E-state index < -0.39 is 5.82 Å². The van der Waals surface area contributed by atoms with Gasteiger partial charge in [0.05, 0.1) is 5.52 Å². The Morgan fingerprint density at radius 1 is 1.05 bits per heavy atom. The van der Waals surface area contributed by atoms with Crippen LogP contribution in [0.5, 0.6) is 11.6 Å². The van der Waals surface area contributed by atoms with E-state index >= 15 is 0 Å². The largest absolute Gasteiger partial charge is 0.436 e. The lowest BCUT2D eigenvalue weighted by atomic mass is 10.3. The Bertz CT molecular complexity index is 748. The van der Waals surface area contributed by atoms with Crippen LogP contribution < -0.4 is 10.5 Å². The van der Waals surface area contributed by atoms with E-state index in [-0.39, 0.29) is 17.4 Å². The van der Waals surface area contributed by atoms with Crippen molar-refractivity contribution < 1.29 is 9.13 Å².